The number of nitrogens with zero attached hydrogens (tertiary/aromatic N) is 5. The highest BCUT2D eigenvalue weighted by atomic mass is 32.2. The zero-order valence-electron chi connectivity index (χ0n) is 15.1. The standard InChI is InChI=1S/C19H20N6O2S/c26-28(27,17-6-2-1-3-7-17)23-16-14-21-19(22-15-16)25-12-10-24(11-13-25)18-8-4-5-9-20-18/h1-9,14-15,23H,10-13H2. The van der Waals surface area contributed by atoms with Gasteiger partial charge in [-0.2, -0.15) is 0 Å². The normalized spacial score (nSPS) is 14.7. The van der Waals surface area contributed by atoms with E-state index in [1.165, 1.54) is 12.4 Å². The SMILES string of the molecule is O=S(=O)(Nc1cnc(N2CCN(c3ccccn3)CC2)nc1)c1ccccc1. The lowest BCUT2D eigenvalue weighted by atomic mass is 10.3. The Labute approximate surface area is 163 Å². The maximum absolute atomic E-state index is 12.4. The van der Waals surface area contributed by atoms with E-state index in [1.807, 2.05) is 18.2 Å². The highest BCUT2D eigenvalue weighted by Crippen LogP contribution is 2.18. The lowest BCUT2D eigenvalue weighted by molar-refractivity contribution is 0.601. The summed E-state index contributed by atoms with van der Waals surface area (Å²) in [5.74, 6) is 1.55. The van der Waals surface area contributed by atoms with Crippen LogP contribution < -0.4 is 14.5 Å². The molecule has 0 bridgehead atoms. The summed E-state index contributed by atoms with van der Waals surface area (Å²) in [6.07, 6.45) is 4.78. The number of hydrogen-bond donors (Lipinski definition) is 1. The smallest absolute Gasteiger partial charge is 0.261 e. The average Bonchev–Trinajstić information content (AvgIpc) is 2.75. The second-order valence-corrected chi connectivity index (χ2v) is 8.03. The maximum Gasteiger partial charge on any atom is 0.261 e. The second-order valence-electron chi connectivity index (χ2n) is 6.35. The minimum atomic E-state index is -3.65. The Balaban J connectivity index is 1.39. The molecule has 0 spiro atoms. The van der Waals surface area contributed by atoms with Crippen LogP contribution in [0.1, 0.15) is 0 Å². The van der Waals surface area contributed by atoms with Gasteiger partial charge in [0.05, 0.1) is 23.0 Å². The van der Waals surface area contributed by atoms with Crippen molar-refractivity contribution in [1.29, 1.82) is 0 Å². The Kier molecular flexibility index (Phi) is 5.07. The molecule has 9 heteroatoms. The van der Waals surface area contributed by atoms with E-state index >= 15 is 0 Å². The summed E-state index contributed by atoms with van der Waals surface area (Å²) in [6, 6.07) is 14.1. The van der Waals surface area contributed by atoms with Gasteiger partial charge in [-0.05, 0) is 24.3 Å². The summed E-state index contributed by atoms with van der Waals surface area (Å²) in [6.45, 7) is 3.18. The fraction of sp³-hybridized carbons (Fsp3) is 0.211. The van der Waals surface area contributed by atoms with E-state index in [-0.39, 0.29) is 4.90 Å². The molecule has 0 radical (unpaired) electrons. The van der Waals surface area contributed by atoms with Crippen molar-refractivity contribution in [2.24, 2.45) is 0 Å². The van der Waals surface area contributed by atoms with Gasteiger partial charge < -0.3 is 9.80 Å². The second kappa shape index (κ2) is 7.81. The van der Waals surface area contributed by atoms with Crippen LogP contribution in [-0.2, 0) is 10.0 Å². The molecule has 3 aromatic rings. The van der Waals surface area contributed by atoms with Crippen LogP contribution in [0.2, 0.25) is 0 Å². The molecule has 8 nitrogen and oxygen atoms in total. The number of benzene rings is 1. The van der Waals surface area contributed by atoms with Crippen molar-refractivity contribution in [3.05, 3.63) is 67.1 Å². The first-order valence-electron chi connectivity index (χ1n) is 8.93. The van der Waals surface area contributed by atoms with Gasteiger partial charge in [-0.25, -0.2) is 23.4 Å². The largest absolute Gasteiger partial charge is 0.353 e. The van der Waals surface area contributed by atoms with Crippen molar-refractivity contribution >= 4 is 27.5 Å². The molecule has 1 N–H and O–H groups in total. The Hall–Kier alpha value is -3.20. The van der Waals surface area contributed by atoms with Crippen LogP contribution in [-0.4, -0.2) is 49.5 Å². The molecule has 1 fully saturated rings. The van der Waals surface area contributed by atoms with Crippen LogP contribution in [0.25, 0.3) is 0 Å². The van der Waals surface area contributed by atoms with Crippen molar-refractivity contribution in [3.8, 4) is 0 Å². The molecule has 0 amide bonds. The molecule has 4 rings (SSSR count). The molecule has 1 saturated heterocycles. The topological polar surface area (TPSA) is 91.3 Å². The number of aromatic nitrogens is 3. The van der Waals surface area contributed by atoms with Crippen LogP contribution >= 0.6 is 0 Å². The number of nitrogens with one attached hydrogen (secondary N) is 1. The van der Waals surface area contributed by atoms with Crippen LogP contribution in [0, 0.1) is 0 Å². The average molecular weight is 396 g/mol. The van der Waals surface area contributed by atoms with Crippen molar-refractivity contribution in [3.63, 3.8) is 0 Å². The molecule has 1 aliphatic rings. The zero-order chi connectivity index (χ0) is 19.4. The minimum Gasteiger partial charge on any atom is -0.353 e. The van der Waals surface area contributed by atoms with Gasteiger partial charge in [0, 0.05) is 32.4 Å². The van der Waals surface area contributed by atoms with E-state index in [0.29, 0.717) is 11.6 Å². The molecule has 0 unspecified atom stereocenters. The number of hydrogen-bond acceptors (Lipinski definition) is 7. The molecular weight excluding hydrogens is 376 g/mol. The van der Waals surface area contributed by atoms with Gasteiger partial charge in [0.15, 0.2) is 0 Å². The van der Waals surface area contributed by atoms with Crippen LogP contribution in [0.5, 0.6) is 0 Å². The maximum atomic E-state index is 12.4. The van der Waals surface area contributed by atoms with E-state index < -0.39 is 10.0 Å². The molecule has 0 atom stereocenters. The van der Waals surface area contributed by atoms with Gasteiger partial charge in [-0.15, -0.1) is 0 Å². The molecule has 3 heterocycles. The van der Waals surface area contributed by atoms with Crippen LogP contribution in [0.4, 0.5) is 17.5 Å². The lowest BCUT2D eigenvalue weighted by Gasteiger charge is -2.35. The summed E-state index contributed by atoms with van der Waals surface area (Å²) < 4.78 is 27.2. The Morgan fingerprint density at radius 2 is 1.43 bits per heavy atom. The summed E-state index contributed by atoms with van der Waals surface area (Å²) in [7, 11) is -3.65. The molecule has 0 aliphatic carbocycles. The highest BCUT2D eigenvalue weighted by molar-refractivity contribution is 7.92. The van der Waals surface area contributed by atoms with Gasteiger partial charge >= 0.3 is 0 Å². The fourth-order valence-corrected chi connectivity index (χ4v) is 4.08. The van der Waals surface area contributed by atoms with Crippen molar-refractivity contribution in [2.45, 2.75) is 4.90 Å². The van der Waals surface area contributed by atoms with E-state index in [2.05, 4.69) is 29.5 Å². The molecule has 1 aliphatic heterocycles. The lowest BCUT2D eigenvalue weighted by Crippen LogP contribution is -2.47. The molecule has 0 saturated carbocycles. The number of sulfonamides is 1. The quantitative estimate of drug-likeness (QED) is 0.705. The van der Waals surface area contributed by atoms with Crippen molar-refractivity contribution in [1.82, 2.24) is 15.0 Å². The first kappa shape index (κ1) is 18.2. The Bertz CT molecular complexity index is 1010. The molecular formula is C19H20N6O2S. The predicted octanol–water partition coefficient (Wildman–Crippen LogP) is 2.00. The molecule has 28 heavy (non-hydrogen) atoms. The van der Waals surface area contributed by atoms with E-state index in [1.54, 1.807) is 36.5 Å². The predicted molar refractivity (Wildman–Crippen MR) is 108 cm³/mol. The number of pyridine rings is 1. The van der Waals surface area contributed by atoms with Crippen LogP contribution in [0.3, 0.4) is 0 Å². The van der Waals surface area contributed by atoms with Gasteiger partial charge in [-0.1, -0.05) is 24.3 Å². The van der Waals surface area contributed by atoms with Crippen molar-refractivity contribution in [2.75, 3.05) is 40.7 Å². The summed E-state index contributed by atoms with van der Waals surface area (Å²) in [5.41, 5.74) is 0.333. The third-order valence-corrected chi connectivity index (χ3v) is 5.88. The molecule has 1 aromatic carbocycles. The summed E-state index contributed by atoms with van der Waals surface area (Å²) >= 11 is 0. The summed E-state index contributed by atoms with van der Waals surface area (Å²) in [4.78, 5) is 17.5. The number of rotatable bonds is 5. The number of anilines is 3. The van der Waals surface area contributed by atoms with Crippen molar-refractivity contribution < 1.29 is 8.42 Å². The Morgan fingerprint density at radius 1 is 0.786 bits per heavy atom. The van der Waals surface area contributed by atoms with Gasteiger partial charge in [0.1, 0.15) is 5.82 Å². The molecule has 2 aromatic heterocycles. The van der Waals surface area contributed by atoms with Gasteiger partial charge in [0.25, 0.3) is 10.0 Å². The fourth-order valence-electron chi connectivity index (χ4n) is 3.03. The van der Waals surface area contributed by atoms with E-state index in [0.717, 1.165) is 32.0 Å². The minimum absolute atomic E-state index is 0.199. The zero-order valence-corrected chi connectivity index (χ0v) is 16.0. The monoisotopic (exact) mass is 396 g/mol. The summed E-state index contributed by atoms with van der Waals surface area (Å²) in [5, 5.41) is 0. The third kappa shape index (κ3) is 4.04. The Morgan fingerprint density at radius 3 is 2.07 bits per heavy atom. The highest BCUT2D eigenvalue weighted by Gasteiger charge is 2.20. The van der Waals surface area contributed by atoms with Gasteiger partial charge in [-0.3, -0.25) is 4.72 Å². The van der Waals surface area contributed by atoms with Crippen LogP contribution in [0.15, 0.2) is 72.0 Å². The molecule has 144 valence electrons. The third-order valence-electron chi connectivity index (χ3n) is 4.48. The first-order chi connectivity index (χ1) is 13.6. The van der Waals surface area contributed by atoms with E-state index in [9.17, 15) is 8.42 Å². The van der Waals surface area contributed by atoms with E-state index in [4.69, 9.17) is 0 Å². The van der Waals surface area contributed by atoms with Gasteiger partial charge in [0.2, 0.25) is 5.95 Å². The first-order valence-corrected chi connectivity index (χ1v) is 10.4. The number of piperazine rings is 1.